The van der Waals surface area contributed by atoms with E-state index in [9.17, 15) is 9.59 Å². The Morgan fingerprint density at radius 1 is 1.28 bits per heavy atom. The van der Waals surface area contributed by atoms with Crippen molar-refractivity contribution in [1.29, 1.82) is 0 Å². The number of nitrogens with zero attached hydrogens (tertiary/aromatic N) is 4. The molecule has 0 saturated carbocycles. The predicted octanol–water partition coefficient (Wildman–Crippen LogP) is 0.947. The summed E-state index contributed by atoms with van der Waals surface area (Å²) in [6.45, 7) is 8.44. The number of carbonyl (C=O) groups is 2. The number of hydrogen-bond donors (Lipinski definition) is 1. The topological polar surface area (TPSA) is 78.4 Å². The number of hydrogen-bond acceptors (Lipinski definition) is 5. The molecule has 3 heterocycles. The maximum Gasteiger partial charge on any atom is 0.226 e. The minimum atomic E-state index is -0.182. The van der Waals surface area contributed by atoms with E-state index in [0.717, 1.165) is 31.0 Å². The van der Waals surface area contributed by atoms with Crippen molar-refractivity contribution in [3.63, 3.8) is 0 Å². The highest BCUT2D eigenvalue weighted by Gasteiger charge is 2.37. The van der Waals surface area contributed by atoms with Gasteiger partial charge in [-0.2, -0.15) is 5.10 Å². The normalized spacial score (nSPS) is 21.5. The fraction of sp³-hybridized carbons (Fsp3) is 0.667. The zero-order valence-corrected chi connectivity index (χ0v) is 15.5. The first-order valence-electron chi connectivity index (χ1n) is 8.88. The van der Waals surface area contributed by atoms with Crippen LogP contribution in [-0.2, 0) is 15.0 Å². The van der Waals surface area contributed by atoms with Crippen LogP contribution in [0, 0.1) is 5.92 Å². The number of rotatable bonds is 3. The van der Waals surface area contributed by atoms with Crippen LogP contribution in [-0.4, -0.2) is 59.6 Å². The SMILES string of the molecule is CN(C(=O)C1CCNC(=O)C1)C1CN(c2ccc(C(C)(C)C)nn2)C1. The van der Waals surface area contributed by atoms with Gasteiger partial charge in [0, 0.05) is 44.4 Å². The van der Waals surface area contributed by atoms with E-state index in [1.165, 1.54) is 0 Å². The van der Waals surface area contributed by atoms with Crippen LogP contribution in [0.25, 0.3) is 0 Å². The van der Waals surface area contributed by atoms with Crippen LogP contribution in [0.2, 0.25) is 0 Å². The molecule has 0 aromatic carbocycles. The van der Waals surface area contributed by atoms with Crippen LogP contribution in [0.5, 0.6) is 0 Å². The van der Waals surface area contributed by atoms with Gasteiger partial charge in [0.1, 0.15) is 0 Å². The molecule has 0 aliphatic carbocycles. The average molecular weight is 345 g/mol. The van der Waals surface area contributed by atoms with E-state index in [0.29, 0.717) is 13.0 Å². The summed E-state index contributed by atoms with van der Waals surface area (Å²) in [5.41, 5.74) is 0.957. The Bertz CT molecular complexity index is 646. The van der Waals surface area contributed by atoms with E-state index in [1.807, 2.05) is 19.2 Å². The summed E-state index contributed by atoms with van der Waals surface area (Å²) in [5, 5.41) is 11.4. The maximum atomic E-state index is 12.6. The minimum absolute atomic E-state index is 0.0120. The molecule has 7 heteroatoms. The highest BCUT2D eigenvalue weighted by Crippen LogP contribution is 2.25. The van der Waals surface area contributed by atoms with E-state index < -0.39 is 0 Å². The number of anilines is 1. The summed E-state index contributed by atoms with van der Waals surface area (Å²) >= 11 is 0. The van der Waals surface area contributed by atoms with Crippen molar-refractivity contribution in [2.75, 3.05) is 31.6 Å². The zero-order chi connectivity index (χ0) is 18.2. The van der Waals surface area contributed by atoms with E-state index >= 15 is 0 Å². The molecular weight excluding hydrogens is 318 g/mol. The Morgan fingerprint density at radius 3 is 2.56 bits per heavy atom. The lowest BCUT2D eigenvalue weighted by molar-refractivity contribution is -0.141. The highest BCUT2D eigenvalue weighted by atomic mass is 16.2. The van der Waals surface area contributed by atoms with E-state index in [4.69, 9.17) is 0 Å². The Hall–Kier alpha value is -2.18. The summed E-state index contributed by atoms with van der Waals surface area (Å²) in [4.78, 5) is 28.0. The number of amides is 2. The molecule has 25 heavy (non-hydrogen) atoms. The second-order valence-corrected chi connectivity index (χ2v) is 8.07. The van der Waals surface area contributed by atoms with Gasteiger partial charge < -0.3 is 15.1 Å². The minimum Gasteiger partial charge on any atom is -0.356 e. The number of likely N-dealkylation sites (N-methyl/N-ethyl adjacent to an activating group) is 1. The molecule has 1 aromatic heterocycles. The Morgan fingerprint density at radius 2 is 2.00 bits per heavy atom. The van der Waals surface area contributed by atoms with Crippen LogP contribution in [0.1, 0.15) is 39.3 Å². The summed E-state index contributed by atoms with van der Waals surface area (Å²) in [6.07, 6.45) is 1.03. The largest absolute Gasteiger partial charge is 0.356 e. The number of nitrogens with one attached hydrogen (secondary N) is 1. The van der Waals surface area contributed by atoms with Gasteiger partial charge in [-0.3, -0.25) is 9.59 Å². The molecule has 2 aliphatic rings. The van der Waals surface area contributed by atoms with Crippen molar-refractivity contribution >= 4 is 17.6 Å². The van der Waals surface area contributed by atoms with Gasteiger partial charge in [0.2, 0.25) is 11.8 Å². The van der Waals surface area contributed by atoms with Crippen LogP contribution < -0.4 is 10.2 Å². The van der Waals surface area contributed by atoms with E-state index in [-0.39, 0.29) is 29.2 Å². The maximum absolute atomic E-state index is 12.6. The first-order valence-corrected chi connectivity index (χ1v) is 8.88. The van der Waals surface area contributed by atoms with Gasteiger partial charge in [0.25, 0.3) is 0 Å². The number of carbonyl (C=O) groups excluding carboxylic acids is 2. The molecule has 0 spiro atoms. The fourth-order valence-corrected chi connectivity index (χ4v) is 3.24. The predicted molar refractivity (Wildman–Crippen MR) is 95.2 cm³/mol. The van der Waals surface area contributed by atoms with Gasteiger partial charge in [0.15, 0.2) is 5.82 Å². The van der Waals surface area contributed by atoms with Crippen molar-refractivity contribution in [3.8, 4) is 0 Å². The molecule has 2 fully saturated rings. The Labute approximate surface area is 148 Å². The molecule has 0 bridgehead atoms. The molecule has 2 aliphatic heterocycles. The van der Waals surface area contributed by atoms with Gasteiger partial charge in [-0.15, -0.1) is 5.10 Å². The molecule has 1 N–H and O–H groups in total. The van der Waals surface area contributed by atoms with E-state index in [2.05, 4.69) is 41.2 Å². The van der Waals surface area contributed by atoms with Crippen molar-refractivity contribution in [2.24, 2.45) is 5.92 Å². The summed E-state index contributed by atoms with van der Waals surface area (Å²) in [6, 6.07) is 4.18. The second kappa shape index (κ2) is 6.61. The van der Waals surface area contributed by atoms with Crippen LogP contribution >= 0.6 is 0 Å². The number of piperidine rings is 1. The molecule has 136 valence electrons. The summed E-state index contributed by atoms with van der Waals surface area (Å²) in [5.74, 6) is 0.719. The third-order valence-corrected chi connectivity index (χ3v) is 5.10. The molecule has 1 unspecified atom stereocenters. The van der Waals surface area contributed by atoms with Crippen molar-refractivity contribution in [3.05, 3.63) is 17.8 Å². The quantitative estimate of drug-likeness (QED) is 0.882. The van der Waals surface area contributed by atoms with Crippen LogP contribution in [0.15, 0.2) is 12.1 Å². The van der Waals surface area contributed by atoms with Crippen LogP contribution in [0.4, 0.5) is 5.82 Å². The second-order valence-electron chi connectivity index (χ2n) is 8.07. The van der Waals surface area contributed by atoms with Gasteiger partial charge >= 0.3 is 0 Å². The third-order valence-electron chi connectivity index (χ3n) is 5.10. The van der Waals surface area contributed by atoms with E-state index in [1.54, 1.807) is 4.90 Å². The average Bonchev–Trinajstić information content (AvgIpc) is 2.52. The van der Waals surface area contributed by atoms with Crippen molar-refractivity contribution < 1.29 is 9.59 Å². The third kappa shape index (κ3) is 3.75. The summed E-state index contributed by atoms with van der Waals surface area (Å²) < 4.78 is 0. The smallest absolute Gasteiger partial charge is 0.226 e. The lowest BCUT2D eigenvalue weighted by Crippen LogP contribution is -2.61. The van der Waals surface area contributed by atoms with Crippen molar-refractivity contribution in [1.82, 2.24) is 20.4 Å². The van der Waals surface area contributed by atoms with Crippen molar-refractivity contribution in [2.45, 2.75) is 45.1 Å². The standard InChI is InChI=1S/C18H27N5O2/c1-18(2,3)14-5-6-15(21-20-14)23-10-13(11-23)22(4)17(25)12-7-8-19-16(24)9-12/h5-6,12-13H,7-11H2,1-4H3,(H,19,24). The summed E-state index contributed by atoms with van der Waals surface area (Å²) in [7, 11) is 1.84. The molecule has 7 nitrogen and oxygen atoms in total. The van der Waals surface area contributed by atoms with Crippen LogP contribution in [0.3, 0.4) is 0 Å². The first kappa shape index (κ1) is 17.6. The van der Waals surface area contributed by atoms with Gasteiger partial charge in [-0.25, -0.2) is 0 Å². The fourth-order valence-electron chi connectivity index (χ4n) is 3.24. The molecule has 3 rings (SSSR count). The van der Waals surface area contributed by atoms with Gasteiger partial charge in [-0.05, 0) is 18.6 Å². The number of aromatic nitrogens is 2. The van der Waals surface area contributed by atoms with Gasteiger partial charge in [0.05, 0.1) is 11.7 Å². The zero-order valence-electron chi connectivity index (χ0n) is 15.5. The van der Waals surface area contributed by atoms with Gasteiger partial charge in [-0.1, -0.05) is 20.8 Å². The lowest BCUT2D eigenvalue weighted by atomic mass is 9.92. The monoisotopic (exact) mass is 345 g/mol. The molecule has 2 saturated heterocycles. The molecule has 2 amide bonds. The molecular formula is C18H27N5O2. The Kier molecular flexibility index (Phi) is 4.67. The molecule has 0 radical (unpaired) electrons. The molecule has 1 aromatic rings. The lowest BCUT2D eigenvalue weighted by Gasteiger charge is -2.45. The highest BCUT2D eigenvalue weighted by molar-refractivity contribution is 5.87. The first-order chi connectivity index (χ1) is 11.8. The Balaban J connectivity index is 1.54. The molecule has 1 atom stereocenters.